The van der Waals surface area contributed by atoms with Crippen molar-refractivity contribution in [1.82, 2.24) is 5.32 Å². The summed E-state index contributed by atoms with van der Waals surface area (Å²) >= 11 is 0. The van der Waals surface area contributed by atoms with Crippen LogP contribution in [-0.2, 0) is 20.0 Å². The highest BCUT2D eigenvalue weighted by Gasteiger charge is 2.21. The summed E-state index contributed by atoms with van der Waals surface area (Å²) in [5.74, 6) is -0.112. The minimum Gasteiger partial charge on any atom is -0.355 e. The molecule has 1 aromatic rings. The van der Waals surface area contributed by atoms with E-state index in [1.807, 2.05) is 18.2 Å². The van der Waals surface area contributed by atoms with Crippen LogP contribution in [0, 0.1) is 0 Å². The highest BCUT2D eigenvalue weighted by Crippen LogP contribution is 2.27. The van der Waals surface area contributed by atoms with Crippen LogP contribution in [0.25, 0.3) is 0 Å². The second-order valence-corrected chi connectivity index (χ2v) is 7.99. The maximum Gasteiger partial charge on any atom is 0.220 e. The zero-order valence-corrected chi connectivity index (χ0v) is 13.2. The van der Waals surface area contributed by atoms with Crippen molar-refractivity contribution in [3.8, 4) is 0 Å². The fourth-order valence-electron chi connectivity index (χ4n) is 1.92. The number of hydrogen-bond donors (Lipinski definition) is 1. The first-order chi connectivity index (χ1) is 9.21. The fourth-order valence-corrected chi connectivity index (χ4v) is 2.40. The van der Waals surface area contributed by atoms with Gasteiger partial charge >= 0.3 is 0 Å². The smallest absolute Gasteiger partial charge is 0.220 e. The van der Waals surface area contributed by atoms with E-state index in [1.54, 1.807) is 0 Å². The number of sulfone groups is 1. The molecule has 0 radical (unpaired) electrons. The predicted molar refractivity (Wildman–Crippen MR) is 81.4 cm³/mol. The van der Waals surface area contributed by atoms with Crippen LogP contribution in [0.5, 0.6) is 0 Å². The SMILES string of the molecule is CC(C)(CCC(=O)NCCS(C)(=O)=O)c1ccccc1. The zero-order valence-electron chi connectivity index (χ0n) is 12.3. The topological polar surface area (TPSA) is 63.2 Å². The Hall–Kier alpha value is -1.36. The molecular formula is C15H23NO3S. The van der Waals surface area contributed by atoms with E-state index in [1.165, 1.54) is 5.56 Å². The lowest BCUT2D eigenvalue weighted by Gasteiger charge is -2.25. The molecule has 5 heteroatoms. The molecule has 1 amide bonds. The summed E-state index contributed by atoms with van der Waals surface area (Å²) in [6.45, 7) is 4.39. The van der Waals surface area contributed by atoms with Gasteiger partial charge in [-0.25, -0.2) is 8.42 Å². The van der Waals surface area contributed by atoms with Crippen LogP contribution in [0.15, 0.2) is 30.3 Å². The quantitative estimate of drug-likeness (QED) is 0.836. The molecule has 1 N–H and O–H groups in total. The van der Waals surface area contributed by atoms with Crippen LogP contribution >= 0.6 is 0 Å². The predicted octanol–water partition coefficient (Wildman–Crippen LogP) is 1.91. The lowest BCUT2D eigenvalue weighted by atomic mass is 9.80. The fraction of sp³-hybridized carbons (Fsp3) is 0.533. The molecule has 4 nitrogen and oxygen atoms in total. The molecule has 0 saturated carbocycles. The molecule has 0 aromatic heterocycles. The van der Waals surface area contributed by atoms with E-state index < -0.39 is 9.84 Å². The molecule has 0 fully saturated rings. The van der Waals surface area contributed by atoms with Crippen molar-refractivity contribution in [2.75, 3.05) is 18.6 Å². The maximum absolute atomic E-state index is 11.7. The molecule has 0 bridgehead atoms. The van der Waals surface area contributed by atoms with Crippen molar-refractivity contribution in [2.45, 2.75) is 32.1 Å². The van der Waals surface area contributed by atoms with E-state index in [0.717, 1.165) is 12.7 Å². The average molecular weight is 297 g/mol. The Labute approximate surface area is 121 Å². The lowest BCUT2D eigenvalue weighted by Crippen LogP contribution is -2.30. The Balaban J connectivity index is 2.41. The van der Waals surface area contributed by atoms with Crippen LogP contribution in [0.3, 0.4) is 0 Å². The van der Waals surface area contributed by atoms with Gasteiger partial charge < -0.3 is 5.32 Å². The van der Waals surface area contributed by atoms with Crippen LogP contribution in [0.4, 0.5) is 0 Å². The van der Waals surface area contributed by atoms with Gasteiger partial charge in [-0.2, -0.15) is 0 Å². The van der Waals surface area contributed by atoms with Crippen molar-refractivity contribution in [2.24, 2.45) is 0 Å². The first-order valence-electron chi connectivity index (χ1n) is 6.71. The van der Waals surface area contributed by atoms with Gasteiger partial charge in [0.15, 0.2) is 0 Å². The first-order valence-corrected chi connectivity index (χ1v) is 8.77. The summed E-state index contributed by atoms with van der Waals surface area (Å²) in [6, 6.07) is 10.1. The first kappa shape index (κ1) is 16.7. The summed E-state index contributed by atoms with van der Waals surface area (Å²) in [6.07, 6.45) is 2.28. The Kier molecular flexibility index (Phi) is 5.74. The van der Waals surface area contributed by atoms with Crippen LogP contribution < -0.4 is 5.32 Å². The molecule has 20 heavy (non-hydrogen) atoms. The Morgan fingerprint density at radius 3 is 2.35 bits per heavy atom. The number of benzene rings is 1. The third-order valence-electron chi connectivity index (χ3n) is 3.33. The highest BCUT2D eigenvalue weighted by atomic mass is 32.2. The number of amides is 1. The monoisotopic (exact) mass is 297 g/mol. The summed E-state index contributed by atoms with van der Waals surface area (Å²) in [5.41, 5.74) is 1.12. The normalized spacial score (nSPS) is 12.2. The highest BCUT2D eigenvalue weighted by molar-refractivity contribution is 7.90. The van der Waals surface area contributed by atoms with Crippen LogP contribution in [0.1, 0.15) is 32.3 Å². The molecule has 0 saturated heterocycles. The van der Waals surface area contributed by atoms with Gasteiger partial charge in [0.25, 0.3) is 0 Å². The van der Waals surface area contributed by atoms with Gasteiger partial charge in [-0.15, -0.1) is 0 Å². The Bertz CT molecular complexity index is 535. The van der Waals surface area contributed by atoms with Gasteiger partial charge in [-0.3, -0.25) is 4.79 Å². The molecule has 1 rings (SSSR count). The van der Waals surface area contributed by atoms with Crippen molar-refractivity contribution >= 4 is 15.7 Å². The van der Waals surface area contributed by atoms with Gasteiger partial charge in [0.2, 0.25) is 5.91 Å². The average Bonchev–Trinajstić information content (AvgIpc) is 2.36. The van der Waals surface area contributed by atoms with E-state index in [-0.39, 0.29) is 23.6 Å². The standard InChI is InChI=1S/C15H23NO3S/c1-15(2,13-7-5-4-6-8-13)10-9-14(17)16-11-12-20(3,18)19/h4-8H,9-12H2,1-3H3,(H,16,17). The molecule has 0 unspecified atom stereocenters. The van der Waals surface area contributed by atoms with Crippen molar-refractivity contribution < 1.29 is 13.2 Å². The van der Waals surface area contributed by atoms with Crippen LogP contribution in [-0.4, -0.2) is 32.9 Å². The summed E-state index contributed by atoms with van der Waals surface area (Å²) in [5, 5.41) is 2.65. The molecule has 1 aromatic carbocycles. The number of rotatable bonds is 7. The molecule has 112 valence electrons. The number of carbonyl (C=O) groups excluding carboxylic acids is 1. The largest absolute Gasteiger partial charge is 0.355 e. The second kappa shape index (κ2) is 6.88. The maximum atomic E-state index is 11.7. The molecule has 0 spiro atoms. The number of hydrogen-bond acceptors (Lipinski definition) is 3. The van der Waals surface area contributed by atoms with Crippen molar-refractivity contribution in [3.63, 3.8) is 0 Å². The second-order valence-electron chi connectivity index (χ2n) is 5.73. The van der Waals surface area contributed by atoms with E-state index in [4.69, 9.17) is 0 Å². The van der Waals surface area contributed by atoms with E-state index in [0.29, 0.717) is 6.42 Å². The van der Waals surface area contributed by atoms with E-state index >= 15 is 0 Å². The molecule has 0 aliphatic heterocycles. The summed E-state index contributed by atoms with van der Waals surface area (Å²) in [7, 11) is -3.02. The number of carbonyl (C=O) groups is 1. The molecule has 0 heterocycles. The Morgan fingerprint density at radius 2 is 1.80 bits per heavy atom. The molecule has 0 aliphatic carbocycles. The third kappa shape index (κ3) is 6.19. The van der Waals surface area contributed by atoms with Gasteiger partial charge in [0, 0.05) is 19.2 Å². The van der Waals surface area contributed by atoms with Gasteiger partial charge in [0.1, 0.15) is 9.84 Å². The zero-order chi connectivity index (χ0) is 15.2. The summed E-state index contributed by atoms with van der Waals surface area (Å²) in [4.78, 5) is 11.7. The molecular weight excluding hydrogens is 274 g/mol. The van der Waals surface area contributed by atoms with E-state index in [9.17, 15) is 13.2 Å². The van der Waals surface area contributed by atoms with Gasteiger partial charge in [0.05, 0.1) is 5.75 Å². The molecule has 0 atom stereocenters. The Morgan fingerprint density at radius 1 is 1.20 bits per heavy atom. The molecule has 0 aliphatic rings. The minimum absolute atomic E-state index is 0.0131. The third-order valence-corrected chi connectivity index (χ3v) is 4.27. The lowest BCUT2D eigenvalue weighted by molar-refractivity contribution is -0.121. The van der Waals surface area contributed by atoms with Crippen molar-refractivity contribution in [3.05, 3.63) is 35.9 Å². The minimum atomic E-state index is -3.02. The van der Waals surface area contributed by atoms with Crippen LogP contribution in [0.2, 0.25) is 0 Å². The van der Waals surface area contributed by atoms with Crippen molar-refractivity contribution in [1.29, 1.82) is 0 Å². The van der Waals surface area contributed by atoms with Gasteiger partial charge in [-0.05, 0) is 17.4 Å². The van der Waals surface area contributed by atoms with E-state index in [2.05, 4.69) is 31.3 Å². The summed E-state index contributed by atoms with van der Waals surface area (Å²) < 4.78 is 21.9. The van der Waals surface area contributed by atoms with Gasteiger partial charge in [-0.1, -0.05) is 44.2 Å². The number of nitrogens with one attached hydrogen (secondary N) is 1.